The Balaban J connectivity index is 1.43. The smallest absolute Gasteiger partial charge is 0.266 e. The number of rotatable bonds is 4. The molecule has 0 amide bonds. The molecule has 0 unspecified atom stereocenters. The van der Waals surface area contributed by atoms with Gasteiger partial charge in [0, 0.05) is 49.9 Å². The number of aryl methyl sites for hydroxylation is 1. The van der Waals surface area contributed by atoms with Gasteiger partial charge in [-0.1, -0.05) is 29.3 Å². The highest BCUT2D eigenvalue weighted by molar-refractivity contribution is 6.37. The van der Waals surface area contributed by atoms with Crippen LogP contribution in [0, 0.1) is 6.92 Å². The molecule has 7 nitrogen and oxygen atoms in total. The quantitative estimate of drug-likeness (QED) is 0.435. The maximum absolute atomic E-state index is 13.2. The Bertz CT molecular complexity index is 1390. The fraction of sp³-hybridized carbons (Fsp3) is 0.240. The summed E-state index contributed by atoms with van der Waals surface area (Å²) in [6.07, 6.45) is 3.25. The van der Waals surface area contributed by atoms with Crippen LogP contribution in [0.2, 0.25) is 10.0 Å². The highest BCUT2D eigenvalue weighted by Crippen LogP contribution is 2.28. The first kappa shape index (κ1) is 22.7. The van der Waals surface area contributed by atoms with Gasteiger partial charge in [-0.15, -0.1) is 0 Å². The molecule has 1 aliphatic heterocycles. The second-order valence-electron chi connectivity index (χ2n) is 8.48. The minimum Gasteiger partial charge on any atom is -0.369 e. The van der Waals surface area contributed by atoms with Crippen LogP contribution >= 0.6 is 23.2 Å². The van der Waals surface area contributed by atoms with Crippen LogP contribution in [0.5, 0.6) is 0 Å². The predicted molar refractivity (Wildman–Crippen MR) is 139 cm³/mol. The van der Waals surface area contributed by atoms with Crippen molar-refractivity contribution in [2.24, 2.45) is 0 Å². The molecule has 2 aromatic heterocycles. The van der Waals surface area contributed by atoms with Gasteiger partial charge in [-0.25, -0.2) is 9.97 Å². The van der Waals surface area contributed by atoms with Gasteiger partial charge in [-0.05, 0) is 55.9 Å². The number of para-hydroxylation sites is 1. The largest absolute Gasteiger partial charge is 0.369 e. The molecule has 4 aromatic rings. The van der Waals surface area contributed by atoms with Crippen molar-refractivity contribution in [1.82, 2.24) is 19.4 Å². The van der Waals surface area contributed by atoms with Crippen molar-refractivity contribution in [2.75, 3.05) is 43.4 Å². The normalized spacial score (nSPS) is 14.5. The van der Waals surface area contributed by atoms with Crippen molar-refractivity contribution in [3.8, 4) is 5.69 Å². The summed E-state index contributed by atoms with van der Waals surface area (Å²) in [5, 5.41) is 4.43. The summed E-state index contributed by atoms with van der Waals surface area (Å²) in [7, 11) is 2.15. The van der Waals surface area contributed by atoms with E-state index in [2.05, 4.69) is 44.3 Å². The average molecular weight is 495 g/mol. The van der Waals surface area contributed by atoms with Gasteiger partial charge >= 0.3 is 0 Å². The molecule has 0 saturated carbocycles. The van der Waals surface area contributed by atoms with E-state index in [1.807, 2.05) is 19.1 Å². The summed E-state index contributed by atoms with van der Waals surface area (Å²) in [4.78, 5) is 26.9. The molecule has 1 N–H and O–H groups in total. The highest BCUT2D eigenvalue weighted by Gasteiger charge is 2.16. The number of nitrogens with one attached hydrogen (secondary N) is 1. The lowest BCUT2D eigenvalue weighted by atomic mass is 10.2. The maximum atomic E-state index is 13.2. The van der Waals surface area contributed by atoms with Crippen molar-refractivity contribution >= 4 is 51.4 Å². The fourth-order valence-electron chi connectivity index (χ4n) is 4.18. The van der Waals surface area contributed by atoms with E-state index < -0.39 is 0 Å². The molecule has 174 valence electrons. The molecule has 3 heterocycles. The van der Waals surface area contributed by atoms with Crippen LogP contribution in [0.3, 0.4) is 0 Å². The molecule has 0 bridgehead atoms. The summed E-state index contributed by atoms with van der Waals surface area (Å²) in [5.41, 5.74) is 3.64. The van der Waals surface area contributed by atoms with Crippen molar-refractivity contribution < 1.29 is 0 Å². The van der Waals surface area contributed by atoms with Gasteiger partial charge in [0.15, 0.2) is 0 Å². The van der Waals surface area contributed by atoms with E-state index in [-0.39, 0.29) is 5.56 Å². The lowest BCUT2D eigenvalue weighted by Crippen LogP contribution is -2.44. The number of halogens is 2. The Morgan fingerprint density at radius 2 is 1.65 bits per heavy atom. The average Bonchev–Trinajstić information content (AvgIpc) is 2.83. The van der Waals surface area contributed by atoms with Crippen LogP contribution in [-0.4, -0.2) is 52.7 Å². The number of piperazine rings is 1. The molecule has 9 heteroatoms. The standard InChI is InChI=1S/C25H24Cl2N6O/c1-16-15-33(23-20(26)4-3-5-21(23)27)24(34)19-14-28-25(30-22(16)19)29-17-6-8-18(9-7-17)32-12-10-31(2)11-13-32/h3-9,14-15H,10-13H2,1-2H3,(H,28,29,30). The van der Waals surface area contributed by atoms with Gasteiger partial charge in [0.1, 0.15) is 0 Å². The van der Waals surface area contributed by atoms with Gasteiger partial charge in [0.05, 0.1) is 26.6 Å². The lowest BCUT2D eigenvalue weighted by Gasteiger charge is -2.34. The van der Waals surface area contributed by atoms with Gasteiger partial charge in [0.25, 0.3) is 5.56 Å². The number of aromatic nitrogens is 3. The van der Waals surface area contributed by atoms with Crippen LogP contribution < -0.4 is 15.8 Å². The Morgan fingerprint density at radius 1 is 0.971 bits per heavy atom. The second-order valence-corrected chi connectivity index (χ2v) is 9.29. The van der Waals surface area contributed by atoms with E-state index in [1.54, 1.807) is 30.6 Å². The molecule has 1 fully saturated rings. The summed E-state index contributed by atoms with van der Waals surface area (Å²) in [6, 6.07) is 13.4. The van der Waals surface area contributed by atoms with Crippen molar-refractivity contribution in [2.45, 2.75) is 6.92 Å². The summed E-state index contributed by atoms with van der Waals surface area (Å²) < 4.78 is 1.45. The van der Waals surface area contributed by atoms with Gasteiger partial charge < -0.3 is 15.1 Å². The Morgan fingerprint density at radius 3 is 2.32 bits per heavy atom. The molecule has 0 radical (unpaired) electrons. The van der Waals surface area contributed by atoms with Crippen LogP contribution in [0.4, 0.5) is 17.3 Å². The number of hydrogen-bond acceptors (Lipinski definition) is 6. The van der Waals surface area contributed by atoms with E-state index in [0.29, 0.717) is 32.6 Å². The zero-order valence-electron chi connectivity index (χ0n) is 18.9. The number of benzene rings is 2. The lowest BCUT2D eigenvalue weighted by molar-refractivity contribution is 0.313. The van der Waals surface area contributed by atoms with Crippen molar-refractivity contribution in [3.63, 3.8) is 0 Å². The van der Waals surface area contributed by atoms with E-state index in [4.69, 9.17) is 23.2 Å². The molecule has 2 aromatic carbocycles. The zero-order chi connectivity index (χ0) is 23.8. The Kier molecular flexibility index (Phi) is 6.16. The summed E-state index contributed by atoms with van der Waals surface area (Å²) in [5.74, 6) is 0.427. The third-order valence-electron chi connectivity index (χ3n) is 6.10. The van der Waals surface area contributed by atoms with Gasteiger partial charge in [-0.2, -0.15) is 0 Å². The fourth-order valence-corrected chi connectivity index (χ4v) is 4.76. The van der Waals surface area contributed by atoms with E-state index in [9.17, 15) is 4.79 Å². The monoisotopic (exact) mass is 494 g/mol. The SMILES string of the molecule is Cc1cn(-c2c(Cl)cccc2Cl)c(=O)c2cnc(Nc3ccc(N4CCN(C)CC4)cc3)nc12. The summed E-state index contributed by atoms with van der Waals surface area (Å²) in [6.45, 7) is 6.06. The molecule has 0 atom stereocenters. The molecule has 34 heavy (non-hydrogen) atoms. The first-order valence-electron chi connectivity index (χ1n) is 11.0. The van der Waals surface area contributed by atoms with Crippen LogP contribution in [0.25, 0.3) is 16.6 Å². The number of pyridine rings is 1. The first-order valence-corrected chi connectivity index (χ1v) is 11.8. The van der Waals surface area contributed by atoms with Crippen LogP contribution in [-0.2, 0) is 0 Å². The number of fused-ring (bicyclic) bond motifs is 1. The molecule has 1 saturated heterocycles. The third kappa shape index (κ3) is 4.34. The van der Waals surface area contributed by atoms with Crippen molar-refractivity contribution in [1.29, 1.82) is 0 Å². The van der Waals surface area contributed by atoms with Gasteiger partial charge in [0.2, 0.25) is 5.95 Å². The third-order valence-corrected chi connectivity index (χ3v) is 6.71. The molecule has 0 spiro atoms. The van der Waals surface area contributed by atoms with E-state index in [0.717, 1.165) is 37.4 Å². The molecular weight excluding hydrogens is 471 g/mol. The minimum absolute atomic E-state index is 0.279. The molecular formula is C25H24Cl2N6O. The first-order chi connectivity index (χ1) is 16.4. The van der Waals surface area contributed by atoms with E-state index >= 15 is 0 Å². The topological polar surface area (TPSA) is 66.3 Å². The Labute approximate surface area is 207 Å². The maximum Gasteiger partial charge on any atom is 0.266 e. The second kappa shape index (κ2) is 9.25. The van der Waals surface area contributed by atoms with Crippen LogP contribution in [0.15, 0.2) is 59.7 Å². The van der Waals surface area contributed by atoms with Crippen LogP contribution in [0.1, 0.15) is 5.56 Å². The van der Waals surface area contributed by atoms with Gasteiger partial charge in [-0.3, -0.25) is 9.36 Å². The predicted octanol–water partition coefficient (Wildman–Crippen LogP) is 4.89. The minimum atomic E-state index is -0.279. The summed E-state index contributed by atoms with van der Waals surface area (Å²) >= 11 is 12.7. The Hall–Kier alpha value is -3.13. The van der Waals surface area contributed by atoms with Crippen molar-refractivity contribution in [3.05, 3.63) is 80.8 Å². The number of anilines is 3. The number of likely N-dealkylation sites (N-methyl/N-ethyl adjacent to an activating group) is 1. The zero-order valence-corrected chi connectivity index (χ0v) is 20.4. The molecule has 5 rings (SSSR count). The van der Waals surface area contributed by atoms with E-state index in [1.165, 1.54) is 10.3 Å². The highest BCUT2D eigenvalue weighted by atomic mass is 35.5. The molecule has 0 aliphatic carbocycles. The molecule has 1 aliphatic rings. The number of hydrogen-bond donors (Lipinski definition) is 1. The number of nitrogens with zero attached hydrogens (tertiary/aromatic N) is 5.